The van der Waals surface area contributed by atoms with E-state index in [0.29, 0.717) is 6.67 Å². The second-order valence-electron chi connectivity index (χ2n) is 5.78. The number of rotatable bonds is 1. The number of likely N-dealkylation sites (tertiary alicyclic amines) is 1. The van der Waals surface area contributed by atoms with Crippen molar-refractivity contribution < 1.29 is 4.79 Å². The highest BCUT2D eigenvalue weighted by Gasteiger charge is 2.31. The Kier molecular flexibility index (Phi) is 3.77. The zero-order valence-electron chi connectivity index (χ0n) is 12.6. The molecule has 1 atom stereocenters. The van der Waals surface area contributed by atoms with Crippen molar-refractivity contribution in [2.45, 2.75) is 39.2 Å². The van der Waals surface area contributed by atoms with Crippen molar-refractivity contribution in [1.29, 1.82) is 0 Å². The van der Waals surface area contributed by atoms with Gasteiger partial charge < -0.3 is 4.90 Å². The van der Waals surface area contributed by atoms with Crippen molar-refractivity contribution in [2.75, 3.05) is 18.2 Å². The highest BCUT2D eigenvalue weighted by atomic mass is 16.2. The Morgan fingerprint density at radius 3 is 2.90 bits per heavy atom. The summed E-state index contributed by atoms with van der Waals surface area (Å²) >= 11 is 0. The van der Waals surface area contributed by atoms with Gasteiger partial charge in [-0.3, -0.25) is 0 Å². The fourth-order valence-corrected chi connectivity index (χ4v) is 2.83. The lowest BCUT2D eigenvalue weighted by Gasteiger charge is -2.34. The predicted molar refractivity (Wildman–Crippen MR) is 80.6 cm³/mol. The number of carbonyl (C=O) groups excluding carboxylic acids is 1. The number of nitrogens with zero attached hydrogens (tertiary/aromatic N) is 5. The number of amides is 2. The number of hydrogen-bond donors (Lipinski definition) is 0. The number of benzene rings is 1. The fourth-order valence-electron chi connectivity index (χ4n) is 2.83. The highest BCUT2D eigenvalue weighted by molar-refractivity contribution is 5.75. The zero-order valence-corrected chi connectivity index (χ0v) is 12.6. The zero-order chi connectivity index (χ0) is 14.8. The van der Waals surface area contributed by atoms with Gasteiger partial charge in [-0.1, -0.05) is 12.1 Å². The highest BCUT2D eigenvalue weighted by Crippen LogP contribution is 2.23. The molecule has 1 aromatic rings. The van der Waals surface area contributed by atoms with Crippen molar-refractivity contribution in [3.63, 3.8) is 0 Å². The first-order chi connectivity index (χ1) is 10.1. The molecule has 2 amide bonds. The molecule has 0 bridgehead atoms. The number of anilines is 1. The smallest absolute Gasteiger partial charge is 0.320 e. The van der Waals surface area contributed by atoms with E-state index in [1.165, 1.54) is 11.4 Å². The lowest BCUT2D eigenvalue weighted by molar-refractivity contribution is 0.125. The van der Waals surface area contributed by atoms with Gasteiger partial charge in [0, 0.05) is 12.6 Å². The van der Waals surface area contributed by atoms with Crippen molar-refractivity contribution in [3.05, 3.63) is 29.8 Å². The minimum Gasteiger partial charge on any atom is -0.320 e. The Balaban J connectivity index is 1.67. The Labute approximate surface area is 125 Å². The van der Waals surface area contributed by atoms with Gasteiger partial charge in [-0.2, -0.15) is 5.01 Å². The molecule has 2 aliphatic heterocycles. The third kappa shape index (κ3) is 2.84. The van der Waals surface area contributed by atoms with Gasteiger partial charge in [0.25, 0.3) is 0 Å². The van der Waals surface area contributed by atoms with E-state index >= 15 is 0 Å². The molecule has 0 aliphatic carbocycles. The van der Waals surface area contributed by atoms with E-state index in [1.807, 2.05) is 36.1 Å². The summed E-state index contributed by atoms with van der Waals surface area (Å²) < 4.78 is 0. The van der Waals surface area contributed by atoms with Crippen LogP contribution in [0.1, 0.15) is 31.7 Å². The maximum absolute atomic E-state index is 12.5. The lowest BCUT2D eigenvalue weighted by atomic mass is 10.0. The topological polar surface area (TPSA) is 51.5 Å². The summed E-state index contributed by atoms with van der Waals surface area (Å²) in [7, 11) is 0. The van der Waals surface area contributed by atoms with Crippen LogP contribution in [0.25, 0.3) is 0 Å². The van der Waals surface area contributed by atoms with Crippen LogP contribution in [0.2, 0.25) is 0 Å². The quantitative estimate of drug-likeness (QED) is 0.795. The molecule has 2 aliphatic rings. The molecule has 6 nitrogen and oxygen atoms in total. The molecule has 0 radical (unpaired) electrons. The summed E-state index contributed by atoms with van der Waals surface area (Å²) in [5, 5.41) is 11.3. The van der Waals surface area contributed by atoms with Gasteiger partial charge in [0.2, 0.25) is 0 Å². The Hall–Kier alpha value is -2.11. The number of hydrogen-bond acceptors (Lipinski definition) is 4. The Morgan fingerprint density at radius 1 is 1.29 bits per heavy atom. The summed E-state index contributed by atoms with van der Waals surface area (Å²) in [6.07, 6.45) is 3.34. The molecule has 6 heteroatoms. The number of aryl methyl sites for hydroxylation is 1. The largest absolute Gasteiger partial charge is 0.343 e. The van der Waals surface area contributed by atoms with Gasteiger partial charge in [0.05, 0.1) is 5.69 Å². The Morgan fingerprint density at radius 2 is 2.14 bits per heavy atom. The van der Waals surface area contributed by atoms with Crippen LogP contribution in [0.5, 0.6) is 0 Å². The van der Waals surface area contributed by atoms with Crippen LogP contribution in [0.15, 0.2) is 34.7 Å². The minimum absolute atomic E-state index is 0.0406. The summed E-state index contributed by atoms with van der Waals surface area (Å²) in [4.78, 5) is 14.4. The average Bonchev–Trinajstić information content (AvgIpc) is 2.97. The van der Waals surface area contributed by atoms with Gasteiger partial charge in [0.15, 0.2) is 0 Å². The molecular formula is C15H21N5O. The van der Waals surface area contributed by atoms with Gasteiger partial charge in [-0.05, 0) is 61.3 Å². The molecule has 2 heterocycles. The van der Waals surface area contributed by atoms with Crippen molar-refractivity contribution in [3.8, 4) is 0 Å². The first-order valence-corrected chi connectivity index (χ1v) is 7.49. The molecule has 1 saturated heterocycles. The number of carbonyl (C=O) groups is 1. The molecule has 112 valence electrons. The fraction of sp³-hybridized carbons (Fsp3) is 0.533. The molecule has 1 fully saturated rings. The average molecular weight is 287 g/mol. The molecule has 1 unspecified atom stereocenters. The van der Waals surface area contributed by atoms with E-state index in [4.69, 9.17) is 0 Å². The van der Waals surface area contributed by atoms with Gasteiger partial charge >= 0.3 is 6.03 Å². The molecule has 3 rings (SSSR count). The number of piperidine rings is 1. The van der Waals surface area contributed by atoms with E-state index in [-0.39, 0.29) is 12.1 Å². The van der Waals surface area contributed by atoms with Crippen LogP contribution in [-0.2, 0) is 0 Å². The monoisotopic (exact) mass is 287 g/mol. The predicted octanol–water partition coefficient (Wildman–Crippen LogP) is 3.35. The standard InChI is InChI=1S/C15H21N5O/c1-12-6-5-8-14(10-12)19-11-20(17-16-19)15(21)18-9-4-3-7-13(18)2/h5-6,8,10,13H,3-4,7,9,11H2,1-2H3. The first-order valence-electron chi connectivity index (χ1n) is 7.49. The Bertz CT molecular complexity index is 559. The summed E-state index contributed by atoms with van der Waals surface area (Å²) in [6, 6.07) is 8.28. The molecule has 21 heavy (non-hydrogen) atoms. The maximum atomic E-state index is 12.5. The van der Waals surface area contributed by atoms with E-state index in [9.17, 15) is 4.79 Å². The molecule has 1 aromatic carbocycles. The molecular weight excluding hydrogens is 266 g/mol. The van der Waals surface area contributed by atoms with Crippen LogP contribution < -0.4 is 5.01 Å². The van der Waals surface area contributed by atoms with Crippen LogP contribution >= 0.6 is 0 Å². The van der Waals surface area contributed by atoms with E-state index < -0.39 is 0 Å². The summed E-state index contributed by atoms with van der Waals surface area (Å²) in [6.45, 7) is 5.33. The molecule has 0 saturated carbocycles. The van der Waals surface area contributed by atoms with Gasteiger partial charge in [-0.25, -0.2) is 9.80 Å². The van der Waals surface area contributed by atoms with Crippen molar-refractivity contribution in [1.82, 2.24) is 9.91 Å². The van der Waals surface area contributed by atoms with Crippen LogP contribution in [0.4, 0.5) is 10.5 Å². The third-order valence-corrected chi connectivity index (χ3v) is 4.09. The molecule has 0 spiro atoms. The van der Waals surface area contributed by atoms with Crippen molar-refractivity contribution in [2.24, 2.45) is 10.4 Å². The molecule has 0 aromatic heterocycles. The van der Waals surface area contributed by atoms with Crippen molar-refractivity contribution >= 4 is 11.7 Å². The lowest BCUT2D eigenvalue weighted by Crippen LogP contribution is -2.48. The normalized spacial score (nSPS) is 22.0. The van der Waals surface area contributed by atoms with Crippen LogP contribution in [0.3, 0.4) is 0 Å². The van der Waals surface area contributed by atoms with Gasteiger partial charge in [0.1, 0.15) is 6.67 Å². The maximum Gasteiger partial charge on any atom is 0.343 e. The minimum atomic E-state index is -0.0406. The van der Waals surface area contributed by atoms with Crippen LogP contribution in [0, 0.1) is 6.92 Å². The third-order valence-electron chi connectivity index (χ3n) is 4.09. The van der Waals surface area contributed by atoms with E-state index in [2.05, 4.69) is 17.4 Å². The van der Waals surface area contributed by atoms with E-state index in [0.717, 1.165) is 30.6 Å². The summed E-state index contributed by atoms with van der Waals surface area (Å²) in [5.74, 6) is 0. The summed E-state index contributed by atoms with van der Waals surface area (Å²) in [5.41, 5.74) is 2.12. The van der Waals surface area contributed by atoms with Gasteiger partial charge in [-0.15, -0.1) is 0 Å². The second kappa shape index (κ2) is 5.71. The second-order valence-corrected chi connectivity index (χ2v) is 5.78. The van der Waals surface area contributed by atoms with E-state index in [1.54, 1.807) is 5.01 Å². The SMILES string of the molecule is Cc1cccc(N2CN(C(=O)N3CCCCC3C)N=N2)c1. The first kappa shape index (κ1) is 13.9. The van der Waals surface area contributed by atoms with Crippen LogP contribution in [-0.4, -0.2) is 35.2 Å². The number of urea groups is 1. The molecule has 0 N–H and O–H groups in total.